The molecule has 0 bridgehead atoms. The zero-order chi connectivity index (χ0) is 17.6. The largest absolute Gasteiger partial charge is 0.494 e. The predicted octanol–water partition coefficient (Wildman–Crippen LogP) is 4.71. The molecule has 136 valence electrons. The lowest BCUT2D eigenvalue weighted by atomic mass is 10.2. The number of hydrogen-bond donors (Lipinski definition) is 1. The van der Waals surface area contributed by atoms with Gasteiger partial charge in [-0.1, -0.05) is 40.0 Å². The van der Waals surface area contributed by atoms with Gasteiger partial charge in [-0.15, -0.1) is 0 Å². The molecular formula is C20H34N2O2. The highest BCUT2D eigenvalue weighted by Gasteiger charge is 2.11. The predicted molar refractivity (Wildman–Crippen MR) is 102 cm³/mol. The molecule has 0 saturated heterocycles. The standard InChI is InChI=1S/C20H34N2O2/c1-4-7-8-9-16-24-19-12-10-18(11-13-19)21-17-20(23)22(14-5-2)15-6-3/h10-13,21H,4-9,14-17H2,1-3H3. The van der Waals surface area contributed by atoms with Crippen LogP contribution in [0.1, 0.15) is 59.3 Å². The Hall–Kier alpha value is -1.71. The van der Waals surface area contributed by atoms with Crippen LogP contribution in [0.3, 0.4) is 0 Å². The highest BCUT2D eigenvalue weighted by molar-refractivity contribution is 5.80. The fourth-order valence-corrected chi connectivity index (χ4v) is 2.58. The molecule has 1 amide bonds. The van der Waals surface area contributed by atoms with Crippen molar-refractivity contribution in [2.45, 2.75) is 59.3 Å². The molecule has 0 aliphatic rings. The molecule has 0 aliphatic heterocycles. The van der Waals surface area contributed by atoms with E-state index in [9.17, 15) is 4.79 Å². The van der Waals surface area contributed by atoms with Crippen molar-refractivity contribution in [3.63, 3.8) is 0 Å². The van der Waals surface area contributed by atoms with Gasteiger partial charge in [-0.2, -0.15) is 0 Å². The average Bonchev–Trinajstić information content (AvgIpc) is 2.60. The summed E-state index contributed by atoms with van der Waals surface area (Å²) in [6.07, 6.45) is 6.84. The van der Waals surface area contributed by atoms with Gasteiger partial charge in [0.05, 0.1) is 13.2 Å². The van der Waals surface area contributed by atoms with Crippen LogP contribution in [0, 0.1) is 0 Å². The summed E-state index contributed by atoms with van der Waals surface area (Å²) in [5.41, 5.74) is 0.953. The molecule has 4 nitrogen and oxygen atoms in total. The van der Waals surface area contributed by atoms with Crippen LogP contribution < -0.4 is 10.1 Å². The number of carbonyl (C=O) groups excluding carboxylic acids is 1. The first-order valence-corrected chi connectivity index (χ1v) is 9.45. The summed E-state index contributed by atoms with van der Waals surface area (Å²) in [7, 11) is 0. The van der Waals surface area contributed by atoms with Gasteiger partial charge in [-0.3, -0.25) is 4.79 Å². The molecule has 0 saturated carbocycles. The minimum atomic E-state index is 0.162. The highest BCUT2D eigenvalue weighted by Crippen LogP contribution is 2.16. The van der Waals surface area contributed by atoms with Crippen LogP contribution in [-0.2, 0) is 4.79 Å². The smallest absolute Gasteiger partial charge is 0.241 e. The lowest BCUT2D eigenvalue weighted by Crippen LogP contribution is -2.36. The van der Waals surface area contributed by atoms with Gasteiger partial charge in [0.15, 0.2) is 0 Å². The minimum absolute atomic E-state index is 0.162. The molecule has 0 unspecified atom stereocenters. The Morgan fingerprint density at radius 2 is 1.62 bits per heavy atom. The first kappa shape index (κ1) is 20.3. The van der Waals surface area contributed by atoms with Gasteiger partial charge in [0.1, 0.15) is 5.75 Å². The van der Waals surface area contributed by atoms with E-state index in [1.54, 1.807) is 0 Å². The second-order valence-corrected chi connectivity index (χ2v) is 6.17. The van der Waals surface area contributed by atoms with E-state index in [-0.39, 0.29) is 5.91 Å². The maximum absolute atomic E-state index is 12.2. The first-order chi connectivity index (χ1) is 11.7. The quantitative estimate of drug-likeness (QED) is 0.531. The van der Waals surface area contributed by atoms with E-state index in [1.165, 1.54) is 19.3 Å². The number of hydrogen-bond acceptors (Lipinski definition) is 3. The summed E-state index contributed by atoms with van der Waals surface area (Å²) in [5, 5.41) is 3.21. The van der Waals surface area contributed by atoms with Crippen molar-refractivity contribution in [1.29, 1.82) is 0 Å². The SMILES string of the molecule is CCCCCCOc1ccc(NCC(=O)N(CCC)CCC)cc1. The lowest BCUT2D eigenvalue weighted by Gasteiger charge is -2.21. The van der Waals surface area contributed by atoms with Crippen molar-refractivity contribution in [1.82, 2.24) is 4.90 Å². The van der Waals surface area contributed by atoms with Crippen molar-refractivity contribution in [3.8, 4) is 5.75 Å². The van der Waals surface area contributed by atoms with E-state index < -0.39 is 0 Å². The number of ether oxygens (including phenoxy) is 1. The third-order valence-corrected chi connectivity index (χ3v) is 3.90. The molecule has 0 aliphatic carbocycles. The number of nitrogens with zero attached hydrogens (tertiary/aromatic N) is 1. The Morgan fingerprint density at radius 1 is 0.958 bits per heavy atom. The number of nitrogens with one attached hydrogen (secondary N) is 1. The van der Waals surface area contributed by atoms with E-state index in [2.05, 4.69) is 26.1 Å². The zero-order valence-electron chi connectivity index (χ0n) is 15.6. The van der Waals surface area contributed by atoms with Crippen molar-refractivity contribution >= 4 is 11.6 Å². The van der Waals surface area contributed by atoms with E-state index in [0.29, 0.717) is 6.54 Å². The Kier molecular flexibility index (Phi) is 10.7. The highest BCUT2D eigenvalue weighted by atomic mass is 16.5. The number of benzene rings is 1. The summed E-state index contributed by atoms with van der Waals surface area (Å²) in [6, 6.07) is 7.86. The van der Waals surface area contributed by atoms with E-state index in [4.69, 9.17) is 4.74 Å². The summed E-state index contributed by atoms with van der Waals surface area (Å²) < 4.78 is 5.73. The Bertz CT molecular complexity index is 439. The third kappa shape index (κ3) is 8.23. The van der Waals surface area contributed by atoms with Crippen LogP contribution in [0.15, 0.2) is 24.3 Å². The molecule has 0 spiro atoms. The van der Waals surface area contributed by atoms with Crippen LogP contribution >= 0.6 is 0 Å². The normalized spacial score (nSPS) is 10.5. The molecule has 0 atom stereocenters. The zero-order valence-corrected chi connectivity index (χ0v) is 15.6. The topological polar surface area (TPSA) is 41.6 Å². The van der Waals surface area contributed by atoms with Gasteiger partial charge in [-0.05, 0) is 43.5 Å². The van der Waals surface area contributed by atoms with Gasteiger partial charge in [0.25, 0.3) is 0 Å². The Morgan fingerprint density at radius 3 is 2.21 bits per heavy atom. The number of amides is 1. The molecule has 0 heterocycles. The molecule has 0 fully saturated rings. The van der Waals surface area contributed by atoms with Crippen molar-refractivity contribution < 1.29 is 9.53 Å². The molecule has 1 rings (SSSR count). The van der Waals surface area contributed by atoms with E-state index in [1.807, 2.05) is 29.2 Å². The fourth-order valence-electron chi connectivity index (χ4n) is 2.58. The van der Waals surface area contributed by atoms with Crippen LogP contribution in [0.4, 0.5) is 5.69 Å². The molecule has 1 N–H and O–H groups in total. The summed E-state index contributed by atoms with van der Waals surface area (Å²) in [4.78, 5) is 14.2. The van der Waals surface area contributed by atoms with Gasteiger partial charge in [-0.25, -0.2) is 0 Å². The number of anilines is 1. The summed E-state index contributed by atoms with van der Waals surface area (Å²) in [5.74, 6) is 1.05. The van der Waals surface area contributed by atoms with Crippen molar-refractivity contribution in [2.24, 2.45) is 0 Å². The van der Waals surface area contributed by atoms with Crippen LogP contribution in [0.5, 0.6) is 5.75 Å². The molecule has 0 aromatic heterocycles. The van der Waals surface area contributed by atoms with Crippen molar-refractivity contribution in [3.05, 3.63) is 24.3 Å². The maximum Gasteiger partial charge on any atom is 0.241 e. The summed E-state index contributed by atoms with van der Waals surface area (Å²) in [6.45, 7) is 9.19. The Balaban J connectivity index is 2.34. The van der Waals surface area contributed by atoms with Gasteiger partial charge < -0.3 is 15.0 Å². The monoisotopic (exact) mass is 334 g/mol. The van der Waals surface area contributed by atoms with Gasteiger partial charge in [0.2, 0.25) is 5.91 Å². The van der Waals surface area contributed by atoms with Gasteiger partial charge >= 0.3 is 0 Å². The maximum atomic E-state index is 12.2. The summed E-state index contributed by atoms with van der Waals surface area (Å²) >= 11 is 0. The minimum Gasteiger partial charge on any atom is -0.494 e. The van der Waals surface area contributed by atoms with E-state index in [0.717, 1.165) is 50.4 Å². The molecule has 4 heteroatoms. The number of rotatable bonds is 13. The molecule has 24 heavy (non-hydrogen) atoms. The van der Waals surface area contributed by atoms with Gasteiger partial charge in [0, 0.05) is 18.8 Å². The van der Waals surface area contributed by atoms with Crippen molar-refractivity contribution in [2.75, 3.05) is 31.6 Å². The lowest BCUT2D eigenvalue weighted by molar-refractivity contribution is -0.129. The molecule has 1 aromatic carbocycles. The van der Waals surface area contributed by atoms with Crippen LogP contribution in [0.2, 0.25) is 0 Å². The Labute approximate surface area is 147 Å². The van der Waals surface area contributed by atoms with Crippen LogP contribution in [0.25, 0.3) is 0 Å². The number of carbonyl (C=O) groups is 1. The average molecular weight is 335 g/mol. The molecular weight excluding hydrogens is 300 g/mol. The number of unbranched alkanes of at least 4 members (excludes halogenated alkanes) is 3. The third-order valence-electron chi connectivity index (χ3n) is 3.90. The first-order valence-electron chi connectivity index (χ1n) is 9.45. The fraction of sp³-hybridized carbons (Fsp3) is 0.650. The molecule has 1 aromatic rings. The van der Waals surface area contributed by atoms with Crippen LogP contribution in [-0.4, -0.2) is 37.0 Å². The second kappa shape index (κ2) is 12.7. The molecule has 0 radical (unpaired) electrons. The van der Waals surface area contributed by atoms with E-state index >= 15 is 0 Å². The second-order valence-electron chi connectivity index (χ2n) is 6.17.